The van der Waals surface area contributed by atoms with Crippen LogP contribution in [0.25, 0.3) is 0 Å². The predicted molar refractivity (Wildman–Crippen MR) is 232 cm³/mol. The third kappa shape index (κ3) is 11.6. The Bertz CT molecular complexity index is 1830. The van der Waals surface area contributed by atoms with Crippen LogP contribution >= 0.6 is 0 Å². The zero-order valence-corrected chi connectivity index (χ0v) is 38.7. The zero-order chi connectivity index (χ0) is 45.9. The van der Waals surface area contributed by atoms with Crippen molar-refractivity contribution in [1.82, 2.24) is 15.2 Å². The summed E-state index contributed by atoms with van der Waals surface area (Å²) >= 11 is 0. The molecule has 2 saturated heterocycles. The number of allylic oxidation sites excluding steroid dienone is 3. The molecule has 1 saturated carbocycles. The second-order valence-electron chi connectivity index (χ2n) is 20.2. The Hall–Kier alpha value is -3.33. The van der Waals surface area contributed by atoms with Gasteiger partial charge in [-0.3, -0.25) is 19.4 Å². The number of nitrogens with one attached hydrogen (secondary N) is 1. The lowest BCUT2D eigenvalue weighted by molar-refractivity contribution is -0.166. The molecule has 3 aliphatic heterocycles. The van der Waals surface area contributed by atoms with E-state index in [0.717, 1.165) is 63.6 Å². The number of methoxy groups -OCH3 is 1. The van der Waals surface area contributed by atoms with Crippen LogP contribution in [-0.4, -0.2) is 96.2 Å². The molecule has 6 aliphatic rings. The van der Waals surface area contributed by atoms with Gasteiger partial charge < -0.3 is 34.3 Å². The van der Waals surface area contributed by atoms with Crippen LogP contribution in [0.4, 0.5) is 13.2 Å². The number of ether oxygens (including phenoxy) is 4. The number of hydrogen-bond acceptors (Lipinski definition) is 10. The number of amides is 1. The van der Waals surface area contributed by atoms with Crippen LogP contribution in [-0.2, 0) is 52.5 Å². The molecule has 4 heterocycles. The average molecular weight is 888 g/mol. The van der Waals surface area contributed by atoms with Crippen LogP contribution < -0.4 is 5.32 Å². The van der Waals surface area contributed by atoms with E-state index in [9.17, 15) is 32.7 Å². The van der Waals surface area contributed by atoms with E-state index < -0.39 is 28.7 Å². The fourth-order valence-corrected chi connectivity index (χ4v) is 10.8. The summed E-state index contributed by atoms with van der Waals surface area (Å²) in [5.74, 6) is 0.962. The number of carbonyl (C=O) groups is 3. The molecule has 3 aliphatic carbocycles. The molecule has 1 amide bonds. The van der Waals surface area contributed by atoms with E-state index in [-0.39, 0.29) is 73.0 Å². The first kappa shape index (κ1) is 49.1. The monoisotopic (exact) mass is 888 g/mol. The van der Waals surface area contributed by atoms with Crippen LogP contribution in [0, 0.1) is 40.4 Å². The van der Waals surface area contributed by atoms with E-state index in [2.05, 4.69) is 56.2 Å². The maximum absolute atomic E-state index is 13.8. The maximum Gasteiger partial charge on any atom is 0.417 e. The number of nitrogens with zero attached hydrogens (tertiary/aromatic N) is 2. The van der Waals surface area contributed by atoms with Crippen LogP contribution in [0.15, 0.2) is 36.1 Å². The highest BCUT2D eigenvalue weighted by molar-refractivity contribution is 5.84. The summed E-state index contributed by atoms with van der Waals surface area (Å²) in [6.45, 7) is 16.4. The van der Waals surface area contributed by atoms with E-state index in [1.807, 2.05) is 20.8 Å². The van der Waals surface area contributed by atoms with Crippen molar-refractivity contribution in [3.63, 3.8) is 0 Å². The van der Waals surface area contributed by atoms with Crippen molar-refractivity contribution in [2.24, 2.45) is 40.4 Å². The van der Waals surface area contributed by atoms with Crippen molar-refractivity contribution in [3.05, 3.63) is 52.9 Å². The summed E-state index contributed by atoms with van der Waals surface area (Å²) in [6.07, 6.45) is 9.79. The molecule has 1 aromatic heterocycles. The molecular formula is C49H72F3N3O8. The largest absolute Gasteiger partial charge is 0.462 e. The summed E-state index contributed by atoms with van der Waals surface area (Å²) in [7, 11) is 1.69. The number of alkyl halides is 3. The van der Waals surface area contributed by atoms with Gasteiger partial charge in [0, 0.05) is 69.5 Å². The summed E-state index contributed by atoms with van der Waals surface area (Å²) < 4.78 is 62.2. The number of rotatable bonds is 11. The van der Waals surface area contributed by atoms with Gasteiger partial charge >= 0.3 is 18.1 Å². The molecule has 63 heavy (non-hydrogen) atoms. The van der Waals surface area contributed by atoms with Crippen LogP contribution in [0.1, 0.15) is 129 Å². The van der Waals surface area contributed by atoms with Gasteiger partial charge in [0.05, 0.1) is 41.6 Å². The molecule has 0 spiro atoms. The third-order valence-corrected chi connectivity index (χ3v) is 15.1. The minimum Gasteiger partial charge on any atom is -0.462 e. The van der Waals surface area contributed by atoms with Gasteiger partial charge in [-0.1, -0.05) is 52.8 Å². The Labute approximate surface area is 372 Å². The van der Waals surface area contributed by atoms with E-state index in [1.165, 1.54) is 5.57 Å². The molecule has 0 aromatic carbocycles. The fraction of sp³-hybridized carbons (Fsp3) is 0.755. The van der Waals surface area contributed by atoms with Gasteiger partial charge in [0.1, 0.15) is 12.2 Å². The zero-order valence-electron chi connectivity index (χ0n) is 38.7. The first-order valence-electron chi connectivity index (χ1n) is 23.4. The Balaban J connectivity index is 0.000000211. The van der Waals surface area contributed by atoms with Gasteiger partial charge in [-0.25, -0.2) is 0 Å². The Morgan fingerprint density at radius 1 is 1.13 bits per heavy atom. The Kier molecular flexibility index (Phi) is 15.9. The van der Waals surface area contributed by atoms with Crippen molar-refractivity contribution in [2.75, 3.05) is 26.9 Å². The third-order valence-electron chi connectivity index (χ3n) is 15.1. The molecule has 14 heteroatoms. The number of carbonyl (C=O) groups excluding carboxylic acids is 3. The van der Waals surface area contributed by atoms with Crippen molar-refractivity contribution < 1.29 is 51.6 Å². The molecule has 0 radical (unpaired) electrons. The molecule has 352 valence electrons. The predicted octanol–water partition coefficient (Wildman–Crippen LogP) is 8.16. The van der Waals surface area contributed by atoms with Crippen LogP contribution in [0.2, 0.25) is 0 Å². The number of aliphatic hydroxyl groups is 1. The first-order valence-corrected chi connectivity index (χ1v) is 23.4. The Morgan fingerprint density at radius 2 is 1.89 bits per heavy atom. The van der Waals surface area contributed by atoms with Gasteiger partial charge in [-0.2, -0.15) is 13.2 Å². The summed E-state index contributed by atoms with van der Waals surface area (Å²) in [4.78, 5) is 44.2. The summed E-state index contributed by atoms with van der Waals surface area (Å²) in [6, 6.07) is 1.55. The number of fused-ring (bicyclic) bond motifs is 2. The lowest BCUT2D eigenvalue weighted by Gasteiger charge is -2.44. The summed E-state index contributed by atoms with van der Waals surface area (Å²) in [5, 5.41) is 13.6. The van der Waals surface area contributed by atoms with Crippen LogP contribution in [0.5, 0.6) is 0 Å². The maximum atomic E-state index is 13.8. The number of hydrogen-bond donors (Lipinski definition) is 2. The van der Waals surface area contributed by atoms with Gasteiger partial charge in [0.2, 0.25) is 5.91 Å². The number of halogens is 3. The summed E-state index contributed by atoms with van der Waals surface area (Å²) in [5.41, 5.74) is 0.663. The van der Waals surface area contributed by atoms with Crippen molar-refractivity contribution in [1.29, 1.82) is 0 Å². The van der Waals surface area contributed by atoms with Gasteiger partial charge in [0.25, 0.3) is 0 Å². The molecule has 11 nitrogen and oxygen atoms in total. The molecule has 1 aromatic rings. The lowest BCUT2D eigenvalue weighted by Crippen LogP contribution is -2.52. The van der Waals surface area contributed by atoms with Crippen molar-refractivity contribution in [3.8, 4) is 0 Å². The second-order valence-corrected chi connectivity index (χ2v) is 20.2. The molecular weight excluding hydrogens is 816 g/mol. The number of cyclic esters (lactones) is 1. The molecule has 0 bridgehead atoms. The smallest absolute Gasteiger partial charge is 0.417 e. The number of esters is 2. The van der Waals surface area contributed by atoms with Crippen molar-refractivity contribution in [2.45, 2.75) is 168 Å². The molecule has 7 rings (SSSR count). The van der Waals surface area contributed by atoms with Gasteiger partial charge in [-0.05, 0) is 106 Å². The number of pyridine rings is 1. The second kappa shape index (κ2) is 20.5. The lowest BCUT2D eigenvalue weighted by atomic mass is 9.65. The molecule has 2 N–H and O–H groups in total. The highest BCUT2D eigenvalue weighted by Crippen LogP contribution is 2.48. The highest BCUT2D eigenvalue weighted by Gasteiger charge is 2.50. The SMILES string of the molecule is CCC(C)(C)C(=O)O[C@H]1C[C@@H](C)C=C2C=C[C@H](C)[C@H](CC[C@@H]3C[C@@H](O)CC(=O)O3)[C@H]21.CO[C@@H]1COCC[C@@H]1N[C@@H]1CC[C@@](C(=O)N2CCc3ncc(C(F)(F)F)cc3C2)(C(C)C)C1. The Morgan fingerprint density at radius 3 is 2.57 bits per heavy atom. The minimum atomic E-state index is -4.44. The molecule has 11 atom stereocenters. The molecule has 0 unspecified atom stereocenters. The number of aromatic nitrogens is 1. The highest BCUT2D eigenvalue weighted by atomic mass is 19.4. The van der Waals surface area contributed by atoms with E-state index in [1.54, 1.807) is 12.0 Å². The minimum absolute atomic E-state index is 0.00238. The van der Waals surface area contributed by atoms with E-state index in [4.69, 9.17) is 18.9 Å². The molecule has 3 fully saturated rings. The average Bonchev–Trinajstić information content (AvgIpc) is 3.67. The standard InChI is InChI=1S/C25H38O5.C24H34F3N3O3/c1-6-25(4,5)24(28)30-21-12-15(2)11-17-8-7-16(3)20(23(17)21)10-9-19-13-18(26)14-22(27)29-19;1-15(2)23(7-4-18(11-23)29-20-6-9-33-14-21(20)32-3)22(31)30-8-5-19-16(13-30)10-17(12-28-19)24(25,26)27/h7-8,11,15-16,18-21,23,26H,6,9-10,12-14H2,1-5H3;10,12,15,18,20-21,29H,4-9,11,13-14H2,1-3H3/t15-,16-,18+,19+,20-,21-,23-;18-,20+,21-,23+/m01/s1. The number of aliphatic hydroxyl groups excluding tert-OH is 1. The van der Waals surface area contributed by atoms with Crippen molar-refractivity contribution >= 4 is 17.8 Å². The normalized spacial score (nSPS) is 33.4. The topological polar surface area (TPSA) is 137 Å². The van der Waals surface area contributed by atoms with E-state index >= 15 is 0 Å². The van der Waals surface area contributed by atoms with Gasteiger partial charge in [0.15, 0.2) is 0 Å². The first-order chi connectivity index (χ1) is 29.7. The quantitative estimate of drug-likeness (QED) is 0.210. The van der Waals surface area contributed by atoms with Crippen LogP contribution in [0.3, 0.4) is 0 Å². The van der Waals surface area contributed by atoms with E-state index in [0.29, 0.717) is 61.6 Å². The van der Waals surface area contributed by atoms with Gasteiger partial charge in [-0.15, -0.1) is 0 Å². The fourth-order valence-electron chi connectivity index (χ4n) is 10.8.